The molecule has 0 saturated carbocycles. The first-order valence-corrected chi connectivity index (χ1v) is 7.50. The van der Waals surface area contributed by atoms with Gasteiger partial charge in [0, 0.05) is 29.7 Å². The topological polar surface area (TPSA) is 46.9 Å². The number of carbonyl (C=O) groups excluding carboxylic acids is 1. The Kier molecular flexibility index (Phi) is 3.75. The zero-order valence-corrected chi connectivity index (χ0v) is 11.5. The summed E-state index contributed by atoms with van der Waals surface area (Å²) in [5.41, 5.74) is 2.61. The van der Waals surface area contributed by atoms with Gasteiger partial charge < -0.3 is 9.88 Å². The number of hydrogen-bond donors (Lipinski definition) is 1. The number of nitrogens with zero attached hydrogens (tertiary/aromatic N) is 2. The minimum Gasteiger partial charge on any atom is -0.342 e. The fourth-order valence-corrected chi connectivity index (χ4v) is 3.20. The summed E-state index contributed by atoms with van der Waals surface area (Å²) in [7, 11) is 0. The molecule has 4 nitrogen and oxygen atoms in total. The molecule has 2 aromatic rings. The van der Waals surface area contributed by atoms with Gasteiger partial charge in [0.15, 0.2) is 5.78 Å². The summed E-state index contributed by atoms with van der Waals surface area (Å²) in [6, 6.07) is 4.37. The third-order valence-corrected chi connectivity index (χ3v) is 4.36. The average molecular weight is 275 g/mol. The zero-order chi connectivity index (χ0) is 13.1. The van der Waals surface area contributed by atoms with Crippen LogP contribution in [0, 0.1) is 0 Å². The molecule has 1 N–H and O–H groups in total. The molecule has 2 aromatic heterocycles. The smallest absolute Gasteiger partial charge is 0.184 e. The Bertz CT molecular complexity index is 541. The van der Waals surface area contributed by atoms with Crippen molar-refractivity contribution < 1.29 is 4.79 Å². The van der Waals surface area contributed by atoms with Crippen molar-refractivity contribution in [2.24, 2.45) is 0 Å². The summed E-state index contributed by atoms with van der Waals surface area (Å²) in [5.74, 6) is 0.188. The predicted molar refractivity (Wildman–Crippen MR) is 75.7 cm³/mol. The zero-order valence-electron chi connectivity index (χ0n) is 10.7. The molecule has 5 heteroatoms. The highest BCUT2D eigenvalue weighted by Gasteiger charge is 2.20. The lowest BCUT2D eigenvalue weighted by atomic mass is 10.1. The molecule has 1 saturated heterocycles. The number of thiazole rings is 1. The standard InChI is InChI=1S/C14H17N3OS/c18-14(8-12-9-16-10-19-12)13-2-1-7-17(13)11-3-5-15-6-4-11/h1-2,7,9-11,15H,3-6,8H2. The van der Waals surface area contributed by atoms with Crippen molar-refractivity contribution in [2.75, 3.05) is 13.1 Å². The second-order valence-corrected chi connectivity index (χ2v) is 5.82. The molecule has 0 radical (unpaired) electrons. The van der Waals surface area contributed by atoms with Gasteiger partial charge in [0.05, 0.1) is 11.2 Å². The van der Waals surface area contributed by atoms with E-state index < -0.39 is 0 Å². The number of aromatic nitrogens is 2. The van der Waals surface area contributed by atoms with Crippen LogP contribution in [0.3, 0.4) is 0 Å². The maximum atomic E-state index is 12.4. The third-order valence-electron chi connectivity index (χ3n) is 3.58. The van der Waals surface area contributed by atoms with Crippen molar-refractivity contribution >= 4 is 17.1 Å². The van der Waals surface area contributed by atoms with Crippen molar-refractivity contribution in [3.05, 3.63) is 40.6 Å². The van der Waals surface area contributed by atoms with Crippen molar-refractivity contribution in [2.45, 2.75) is 25.3 Å². The van der Waals surface area contributed by atoms with Crippen LogP contribution in [0.15, 0.2) is 30.0 Å². The summed E-state index contributed by atoms with van der Waals surface area (Å²) in [6.07, 6.45) is 6.46. The first kappa shape index (κ1) is 12.6. The highest BCUT2D eigenvalue weighted by atomic mass is 32.1. The molecule has 0 aliphatic carbocycles. The van der Waals surface area contributed by atoms with Crippen molar-refractivity contribution in [1.82, 2.24) is 14.9 Å². The summed E-state index contributed by atoms with van der Waals surface area (Å²) in [6.45, 7) is 2.07. The first-order valence-electron chi connectivity index (χ1n) is 6.63. The molecule has 0 bridgehead atoms. The second-order valence-electron chi connectivity index (χ2n) is 4.85. The molecule has 1 fully saturated rings. The van der Waals surface area contributed by atoms with E-state index in [4.69, 9.17) is 0 Å². The Hall–Kier alpha value is -1.46. The number of piperidine rings is 1. The first-order chi connectivity index (χ1) is 9.34. The number of Topliss-reactive ketones (excluding diaryl/α,β-unsaturated/α-hetero) is 1. The van der Waals surface area contributed by atoms with E-state index in [1.807, 2.05) is 18.3 Å². The van der Waals surface area contributed by atoms with Gasteiger partial charge in [0.25, 0.3) is 0 Å². The van der Waals surface area contributed by atoms with E-state index in [1.54, 1.807) is 11.7 Å². The van der Waals surface area contributed by atoms with E-state index in [0.29, 0.717) is 12.5 Å². The molecule has 0 atom stereocenters. The third kappa shape index (κ3) is 2.77. The normalized spacial score (nSPS) is 16.6. The summed E-state index contributed by atoms with van der Waals surface area (Å²) >= 11 is 1.54. The Morgan fingerprint density at radius 1 is 1.47 bits per heavy atom. The van der Waals surface area contributed by atoms with Crippen LogP contribution in [0.5, 0.6) is 0 Å². The lowest BCUT2D eigenvalue weighted by Crippen LogP contribution is -2.30. The van der Waals surface area contributed by atoms with E-state index in [2.05, 4.69) is 14.9 Å². The molecule has 0 amide bonds. The van der Waals surface area contributed by atoms with Gasteiger partial charge in [-0.15, -0.1) is 11.3 Å². The quantitative estimate of drug-likeness (QED) is 0.871. The van der Waals surface area contributed by atoms with Gasteiger partial charge in [-0.2, -0.15) is 0 Å². The van der Waals surface area contributed by atoms with Gasteiger partial charge in [0.2, 0.25) is 0 Å². The molecule has 0 aromatic carbocycles. The fourth-order valence-electron chi connectivity index (χ4n) is 2.61. The molecule has 1 aliphatic heterocycles. The SMILES string of the molecule is O=C(Cc1cncs1)c1cccn1C1CCNCC1. The Balaban J connectivity index is 1.77. The molecular formula is C14H17N3OS. The van der Waals surface area contributed by atoms with E-state index >= 15 is 0 Å². The molecular weight excluding hydrogens is 258 g/mol. The maximum absolute atomic E-state index is 12.4. The fraction of sp³-hybridized carbons (Fsp3) is 0.429. The van der Waals surface area contributed by atoms with Crippen LogP contribution < -0.4 is 5.32 Å². The highest BCUT2D eigenvalue weighted by molar-refractivity contribution is 7.09. The van der Waals surface area contributed by atoms with Gasteiger partial charge in [-0.25, -0.2) is 0 Å². The van der Waals surface area contributed by atoms with Crippen LogP contribution in [-0.4, -0.2) is 28.4 Å². The Morgan fingerprint density at radius 3 is 3.05 bits per heavy atom. The minimum absolute atomic E-state index is 0.188. The average Bonchev–Trinajstić information content (AvgIpc) is 3.10. The highest BCUT2D eigenvalue weighted by Crippen LogP contribution is 2.22. The Morgan fingerprint density at radius 2 is 2.32 bits per heavy atom. The number of rotatable bonds is 4. The Labute approximate surface area is 116 Å². The number of ketones is 1. The van der Waals surface area contributed by atoms with Gasteiger partial charge in [-0.3, -0.25) is 9.78 Å². The molecule has 3 rings (SSSR count). The van der Waals surface area contributed by atoms with Crippen molar-refractivity contribution in [3.63, 3.8) is 0 Å². The summed E-state index contributed by atoms with van der Waals surface area (Å²) in [5, 5.41) is 3.36. The second kappa shape index (κ2) is 5.67. The molecule has 19 heavy (non-hydrogen) atoms. The van der Waals surface area contributed by atoms with Crippen LogP contribution >= 0.6 is 11.3 Å². The number of hydrogen-bond acceptors (Lipinski definition) is 4. The van der Waals surface area contributed by atoms with E-state index in [1.165, 1.54) is 11.3 Å². The molecule has 1 aliphatic rings. The van der Waals surface area contributed by atoms with E-state index in [0.717, 1.165) is 36.5 Å². The number of carbonyl (C=O) groups is 1. The van der Waals surface area contributed by atoms with Crippen LogP contribution in [0.25, 0.3) is 0 Å². The molecule has 0 spiro atoms. The van der Waals surface area contributed by atoms with E-state index in [-0.39, 0.29) is 5.78 Å². The molecule has 0 unspecified atom stereocenters. The van der Waals surface area contributed by atoms with Gasteiger partial charge in [-0.1, -0.05) is 0 Å². The van der Waals surface area contributed by atoms with Crippen molar-refractivity contribution in [3.8, 4) is 0 Å². The lowest BCUT2D eigenvalue weighted by molar-refractivity contribution is 0.0981. The lowest BCUT2D eigenvalue weighted by Gasteiger charge is -2.25. The van der Waals surface area contributed by atoms with Gasteiger partial charge >= 0.3 is 0 Å². The monoisotopic (exact) mass is 275 g/mol. The summed E-state index contributed by atoms with van der Waals surface area (Å²) < 4.78 is 2.16. The van der Waals surface area contributed by atoms with Crippen molar-refractivity contribution in [1.29, 1.82) is 0 Å². The van der Waals surface area contributed by atoms with Crippen LogP contribution in [-0.2, 0) is 6.42 Å². The summed E-state index contributed by atoms with van der Waals surface area (Å²) in [4.78, 5) is 17.4. The minimum atomic E-state index is 0.188. The van der Waals surface area contributed by atoms with Gasteiger partial charge in [-0.05, 0) is 38.1 Å². The number of nitrogens with one attached hydrogen (secondary N) is 1. The molecule has 100 valence electrons. The van der Waals surface area contributed by atoms with Gasteiger partial charge in [0.1, 0.15) is 0 Å². The predicted octanol–water partition coefficient (Wildman–Crippen LogP) is 2.29. The van der Waals surface area contributed by atoms with E-state index in [9.17, 15) is 4.79 Å². The van der Waals surface area contributed by atoms with Crippen LogP contribution in [0.2, 0.25) is 0 Å². The van der Waals surface area contributed by atoms with Crippen LogP contribution in [0.1, 0.15) is 34.2 Å². The molecule has 3 heterocycles. The van der Waals surface area contributed by atoms with Crippen LogP contribution in [0.4, 0.5) is 0 Å². The maximum Gasteiger partial charge on any atom is 0.184 e. The largest absolute Gasteiger partial charge is 0.342 e.